The van der Waals surface area contributed by atoms with Crippen molar-refractivity contribution in [2.75, 3.05) is 0 Å². The molecule has 8 rings (SSSR count). The average Bonchev–Trinajstić information content (AvgIpc) is 3.56. The lowest BCUT2D eigenvalue weighted by Gasteiger charge is -2.28. The lowest BCUT2D eigenvalue weighted by molar-refractivity contribution is 0.446. The summed E-state index contributed by atoms with van der Waals surface area (Å²) in [5.41, 5.74) is 12.6. The summed E-state index contributed by atoms with van der Waals surface area (Å²) in [5, 5.41) is 14.7. The molecular weight excluding hydrogens is 683 g/mol. The van der Waals surface area contributed by atoms with E-state index in [4.69, 9.17) is 9.97 Å². The Morgan fingerprint density at radius 3 is 1.93 bits per heavy atom. The molecule has 0 atom stereocenters. The van der Waals surface area contributed by atoms with E-state index >= 15 is 0 Å². The van der Waals surface area contributed by atoms with Crippen LogP contribution in [0.15, 0.2) is 140 Å². The van der Waals surface area contributed by atoms with Gasteiger partial charge in [-0.3, -0.25) is 9.55 Å². The van der Waals surface area contributed by atoms with E-state index < -0.39 is 0 Å². The fraction of sp³-hybridized carbons (Fsp3) is 0.231. The molecule has 0 bridgehead atoms. The summed E-state index contributed by atoms with van der Waals surface area (Å²) >= 11 is 0. The number of para-hydroxylation sites is 1. The van der Waals surface area contributed by atoms with Gasteiger partial charge in [-0.25, -0.2) is 4.98 Å². The highest BCUT2D eigenvalue weighted by Gasteiger charge is 2.29. The lowest BCUT2D eigenvalue weighted by Crippen LogP contribution is -2.17. The number of fused-ring (bicyclic) bond motifs is 2. The molecule has 0 amide bonds. The summed E-state index contributed by atoms with van der Waals surface area (Å²) in [7, 11) is 0. The van der Waals surface area contributed by atoms with Gasteiger partial charge in [0.1, 0.15) is 11.6 Å². The number of benzene rings is 6. The van der Waals surface area contributed by atoms with Crippen LogP contribution in [0.4, 0.5) is 0 Å². The van der Waals surface area contributed by atoms with Crippen molar-refractivity contribution in [3.05, 3.63) is 156 Å². The summed E-state index contributed by atoms with van der Waals surface area (Å²) < 4.78 is 2.30. The normalized spacial score (nSPS) is 12.4. The number of nitrogens with zero attached hydrogens (tertiary/aromatic N) is 3. The molecule has 0 radical (unpaired) electrons. The van der Waals surface area contributed by atoms with Crippen LogP contribution in [0.5, 0.6) is 5.75 Å². The smallest absolute Gasteiger partial charge is 0.149 e. The Bertz CT molecular complexity index is 2750. The van der Waals surface area contributed by atoms with Crippen molar-refractivity contribution >= 4 is 21.8 Å². The monoisotopic (exact) mass is 733 g/mol. The predicted molar refractivity (Wildman–Crippen MR) is 236 cm³/mol. The Hall–Kier alpha value is -6.00. The molecule has 280 valence electrons. The Morgan fingerprint density at radius 1 is 0.518 bits per heavy atom. The van der Waals surface area contributed by atoms with Crippen LogP contribution in [0.2, 0.25) is 0 Å². The zero-order valence-electron chi connectivity index (χ0n) is 34.1. The van der Waals surface area contributed by atoms with Gasteiger partial charge in [-0.05, 0) is 74.2 Å². The van der Waals surface area contributed by atoms with Gasteiger partial charge in [-0.15, -0.1) is 0 Å². The van der Waals surface area contributed by atoms with Crippen LogP contribution in [0.1, 0.15) is 79.0 Å². The topological polar surface area (TPSA) is 50.9 Å². The lowest BCUT2D eigenvalue weighted by atomic mass is 9.79. The molecule has 0 aliphatic carbocycles. The van der Waals surface area contributed by atoms with Crippen LogP contribution in [0, 0.1) is 0 Å². The molecule has 0 aliphatic rings. The third-order valence-electron chi connectivity index (χ3n) is 11.0. The maximum Gasteiger partial charge on any atom is 0.149 e. The number of pyridine rings is 1. The number of phenols is 1. The predicted octanol–water partition coefficient (Wildman–Crippen LogP) is 13.8. The number of imidazole rings is 1. The minimum absolute atomic E-state index is 0.00699. The molecule has 0 aliphatic heterocycles. The molecule has 0 unspecified atom stereocenters. The van der Waals surface area contributed by atoms with E-state index in [-0.39, 0.29) is 22.0 Å². The van der Waals surface area contributed by atoms with Crippen molar-refractivity contribution in [3.8, 4) is 56.3 Å². The van der Waals surface area contributed by atoms with E-state index in [2.05, 4.69) is 200 Å². The Kier molecular flexibility index (Phi) is 9.00. The number of rotatable bonds is 5. The quantitative estimate of drug-likeness (QED) is 0.192. The molecule has 0 saturated carbocycles. The van der Waals surface area contributed by atoms with Gasteiger partial charge in [-0.1, -0.05) is 165 Å². The van der Waals surface area contributed by atoms with Crippen LogP contribution in [0.25, 0.3) is 72.4 Å². The number of phenolic OH excluding ortho intramolecular Hbond substituents is 1. The molecule has 6 aromatic carbocycles. The van der Waals surface area contributed by atoms with Crippen LogP contribution < -0.4 is 0 Å². The van der Waals surface area contributed by atoms with Crippen LogP contribution in [0.3, 0.4) is 0 Å². The second-order valence-corrected chi connectivity index (χ2v) is 18.2. The number of aromatic nitrogens is 3. The average molecular weight is 734 g/mol. The molecule has 4 nitrogen and oxygen atoms in total. The molecule has 0 spiro atoms. The Labute approximate surface area is 331 Å². The highest BCUT2D eigenvalue weighted by atomic mass is 16.3. The summed E-state index contributed by atoms with van der Waals surface area (Å²) in [6, 6.07) is 47.3. The molecule has 2 heterocycles. The van der Waals surface area contributed by atoms with E-state index in [1.807, 2.05) is 6.20 Å². The minimum atomic E-state index is -0.310. The summed E-state index contributed by atoms with van der Waals surface area (Å²) in [6.45, 7) is 19.9. The summed E-state index contributed by atoms with van der Waals surface area (Å²) in [6.07, 6.45) is 1.91. The van der Waals surface area contributed by atoms with E-state index in [1.165, 1.54) is 5.56 Å². The maximum atomic E-state index is 12.4. The summed E-state index contributed by atoms with van der Waals surface area (Å²) in [4.78, 5) is 10.4. The van der Waals surface area contributed by atoms with Crippen LogP contribution in [-0.2, 0) is 16.2 Å². The van der Waals surface area contributed by atoms with Gasteiger partial charge >= 0.3 is 0 Å². The molecule has 0 fully saturated rings. The van der Waals surface area contributed by atoms with Crippen molar-refractivity contribution in [3.63, 3.8) is 0 Å². The second-order valence-electron chi connectivity index (χ2n) is 18.2. The molecule has 4 heteroatoms. The van der Waals surface area contributed by atoms with E-state index in [0.717, 1.165) is 72.1 Å². The van der Waals surface area contributed by atoms with Gasteiger partial charge in [0.05, 0.1) is 28.0 Å². The van der Waals surface area contributed by atoms with E-state index in [1.54, 1.807) is 0 Å². The van der Waals surface area contributed by atoms with E-state index in [9.17, 15) is 5.11 Å². The van der Waals surface area contributed by atoms with Crippen molar-refractivity contribution in [2.24, 2.45) is 0 Å². The van der Waals surface area contributed by atoms with Gasteiger partial charge in [0.2, 0.25) is 0 Å². The van der Waals surface area contributed by atoms with Gasteiger partial charge in [0.25, 0.3) is 0 Å². The first-order chi connectivity index (χ1) is 26.6. The first-order valence-corrected chi connectivity index (χ1v) is 19.6. The molecule has 1 N–H and O–H groups in total. The standard InChI is InChI=1S/C52H51N3O/c1-50(2,3)37-27-28-53-44(32-37)36-21-15-20-35(29-36)39-23-16-24-45-46(39)54-49(42-30-38(51(4,5)6)31-43(48(42)56)52(7,8)9)55(45)47-40-22-14-13-19-34(40)25-26-41(47)33-17-11-10-12-18-33/h10-32,56H,1-9H3. The Morgan fingerprint density at radius 2 is 1.20 bits per heavy atom. The molecule has 0 saturated heterocycles. The first-order valence-electron chi connectivity index (χ1n) is 19.6. The Balaban J connectivity index is 1.48. The number of hydrogen-bond donors (Lipinski definition) is 1. The minimum Gasteiger partial charge on any atom is -0.507 e. The van der Waals surface area contributed by atoms with Gasteiger partial charge < -0.3 is 5.11 Å². The van der Waals surface area contributed by atoms with Crippen LogP contribution >= 0.6 is 0 Å². The molecule has 8 aromatic rings. The molecule has 56 heavy (non-hydrogen) atoms. The van der Waals surface area contributed by atoms with Gasteiger partial charge in [0, 0.05) is 33.8 Å². The molecular formula is C52H51N3O. The summed E-state index contributed by atoms with van der Waals surface area (Å²) in [5.74, 6) is 0.961. The fourth-order valence-electron chi connectivity index (χ4n) is 7.80. The third-order valence-corrected chi connectivity index (χ3v) is 11.0. The number of aromatic hydroxyl groups is 1. The van der Waals surface area contributed by atoms with Crippen molar-refractivity contribution in [1.29, 1.82) is 0 Å². The van der Waals surface area contributed by atoms with Crippen LogP contribution in [-0.4, -0.2) is 19.6 Å². The fourth-order valence-corrected chi connectivity index (χ4v) is 7.80. The third kappa shape index (κ3) is 6.68. The first kappa shape index (κ1) is 36.9. The second kappa shape index (κ2) is 13.6. The maximum absolute atomic E-state index is 12.4. The highest BCUT2D eigenvalue weighted by molar-refractivity contribution is 6.03. The van der Waals surface area contributed by atoms with Gasteiger partial charge in [0.15, 0.2) is 0 Å². The van der Waals surface area contributed by atoms with E-state index in [0.29, 0.717) is 11.4 Å². The van der Waals surface area contributed by atoms with Gasteiger partial charge in [-0.2, -0.15) is 0 Å². The zero-order valence-corrected chi connectivity index (χ0v) is 34.1. The SMILES string of the molecule is CC(C)(C)c1ccnc(-c2cccc(-c3cccc4c3nc(-c3cc(C(C)(C)C)cc(C(C)(C)C)c3O)n4-c3c(-c4ccccc4)ccc4ccccc34)c2)c1. The zero-order chi connectivity index (χ0) is 39.6. The largest absolute Gasteiger partial charge is 0.507 e. The van der Waals surface area contributed by atoms with Crippen molar-refractivity contribution in [2.45, 2.75) is 78.6 Å². The molecule has 2 aromatic heterocycles. The number of hydrogen-bond acceptors (Lipinski definition) is 3. The van der Waals surface area contributed by atoms with Crippen molar-refractivity contribution in [1.82, 2.24) is 14.5 Å². The van der Waals surface area contributed by atoms with Crippen molar-refractivity contribution < 1.29 is 5.11 Å². The highest BCUT2D eigenvalue weighted by Crippen LogP contribution is 2.46.